The number of hydrogen-bond donors (Lipinski definition) is 0. The third-order valence-corrected chi connectivity index (χ3v) is 5.30. The summed E-state index contributed by atoms with van der Waals surface area (Å²) >= 11 is 0. The van der Waals surface area contributed by atoms with Crippen molar-refractivity contribution >= 4 is 23.6 Å². The number of fused-ring (bicyclic) bond motifs is 1. The van der Waals surface area contributed by atoms with Gasteiger partial charge in [-0.05, 0) is 12.1 Å². The highest BCUT2D eigenvalue weighted by Crippen LogP contribution is 2.43. The maximum Gasteiger partial charge on any atom is 0.315 e. The Kier molecular flexibility index (Phi) is 4.14. The summed E-state index contributed by atoms with van der Waals surface area (Å²) in [6.07, 6.45) is 1.69. The molecular weight excluding hydrogens is 326 g/mol. The minimum Gasteiger partial charge on any atom is -0.468 e. The van der Waals surface area contributed by atoms with Gasteiger partial charge in [-0.3, -0.25) is 19.2 Å². The van der Waals surface area contributed by atoms with Crippen molar-refractivity contribution < 1.29 is 23.9 Å². The van der Waals surface area contributed by atoms with E-state index in [1.54, 1.807) is 34.8 Å². The molecule has 2 amide bonds. The molecule has 2 aliphatic heterocycles. The van der Waals surface area contributed by atoms with Gasteiger partial charge in [-0.25, -0.2) is 0 Å². The molecule has 0 N–H and O–H groups in total. The number of rotatable bonds is 3. The Balaban J connectivity index is 1.83. The van der Waals surface area contributed by atoms with Crippen molar-refractivity contribution in [2.75, 3.05) is 33.3 Å². The fourth-order valence-electron chi connectivity index (χ4n) is 3.90. The molecule has 0 unspecified atom stereocenters. The lowest BCUT2D eigenvalue weighted by Crippen LogP contribution is -2.44. The van der Waals surface area contributed by atoms with Crippen molar-refractivity contribution in [2.24, 2.45) is 18.4 Å². The molecule has 1 aromatic heterocycles. The number of amides is 2. The van der Waals surface area contributed by atoms with Crippen molar-refractivity contribution in [3.8, 4) is 0 Å². The number of nitrogens with zero attached hydrogens (tertiary/aromatic N) is 3. The first-order valence-electron chi connectivity index (χ1n) is 8.09. The monoisotopic (exact) mass is 347 g/mol. The molecular formula is C17H21N3O5. The highest BCUT2D eigenvalue weighted by atomic mass is 16.5. The predicted molar refractivity (Wildman–Crippen MR) is 86.5 cm³/mol. The molecule has 2 fully saturated rings. The van der Waals surface area contributed by atoms with Gasteiger partial charge in [-0.15, -0.1) is 0 Å². The summed E-state index contributed by atoms with van der Waals surface area (Å²) in [6.45, 7) is 2.39. The Morgan fingerprint density at radius 1 is 1.16 bits per heavy atom. The lowest BCUT2D eigenvalue weighted by Gasteiger charge is -2.26. The minimum atomic E-state index is -0.954. The van der Waals surface area contributed by atoms with Crippen LogP contribution < -0.4 is 0 Å². The van der Waals surface area contributed by atoms with Crippen LogP contribution in [0.5, 0.6) is 0 Å². The highest BCUT2D eigenvalue weighted by molar-refractivity contribution is 6.42. The number of methoxy groups -OCH3 is 1. The molecule has 25 heavy (non-hydrogen) atoms. The van der Waals surface area contributed by atoms with Gasteiger partial charge in [0, 0.05) is 52.3 Å². The molecule has 2 atom stereocenters. The van der Waals surface area contributed by atoms with E-state index in [0.29, 0.717) is 12.2 Å². The van der Waals surface area contributed by atoms with Crippen LogP contribution in [0.15, 0.2) is 18.3 Å². The first kappa shape index (κ1) is 17.2. The second-order valence-corrected chi connectivity index (χ2v) is 6.76. The summed E-state index contributed by atoms with van der Waals surface area (Å²) in [5.41, 5.74) is -0.649. The van der Waals surface area contributed by atoms with E-state index in [4.69, 9.17) is 4.74 Å². The van der Waals surface area contributed by atoms with Crippen molar-refractivity contribution in [3.05, 3.63) is 24.0 Å². The average molecular weight is 347 g/mol. The number of carbonyl (C=O) groups is 4. The Bertz CT molecular complexity index is 755. The number of aromatic nitrogens is 1. The zero-order chi connectivity index (χ0) is 18.4. The standard InChI is InChI=1S/C17H21N3O5/c1-11(21)19-7-12-8-20(10-17(12,9-19)16(24)25-3)15(23)14(22)13-5-4-6-18(13)2/h4-6,12H,7-10H2,1-3H3/t12-,17-/m0/s1. The van der Waals surface area contributed by atoms with Crippen molar-refractivity contribution in [3.63, 3.8) is 0 Å². The van der Waals surface area contributed by atoms with Crippen molar-refractivity contribution in [1.82, 2.24) is 14.4 Å². The molecule has 0 radical (unpaired) electrons. The first-order chi connectivity index (χ1) is 11.8. The van der Waals surface area contributed by atoms with Crippen LogP contribution in [0, 0.1) is 11.3 Å². The number of likely N-dealkylation sites (tertiary alicyclic amines) is 2. The summed E-state index contributed by atoms with van der Waals surface area (Å²) in [7, 11) is 2.99. The van der Waals surface area contributed by atoms with Gasteiger partial charge >= 0.3 is 5.97 Å². The normalized spacial score (nSPS) is 25.0. The van der Waals surface area contributed by atoms with E-state index in [0.717, 1.165) is 0 Å². The number of esters is 1. The van der Waals surface area contributed by atoms with Crippen LogP contribution >= 0.6 is 0 Å². The smallest absolute Gasteiger partial charge is 0.315 e. The maximum atomic E-state index is 12.6. The molecule has 0 aromatic carbocycles. The maximum absolute atomic E-state index is 12.6. The minimum absolute atomic E-state index is 0.0864. The Morgan fingerprint density at radius 3 is 2.36 bits per heavy atom. The highest BCUT2D eigenvalue weighted by Gasteiger charge is 2.60. The first-order valence-corrected chi connectivity index (χ1v) is 8.09. The van der Waals surface area contributed by atoms with E-state index >= 15 is 0 Å². The number of ether oxygens (including phenoxy) is 1. The van der Waals surface area contributed by atoms with Crippen LogP contribution in [-0.4, -0.2) is 71.2 Å². The largest absolute Gasteiger partial charge is 0.468 e. The third kappa shape index (κ3) is 2.61. The summed E-state index contributed by atoms with van der Waals surface area (Å²) in [6, 6.07) is 3.28. The van der Waals surface area contributed by atoms with Gasteiger partial charge in [-0.1, -0.05) is 0 Å². The molecule has 0 spiro atoms. The molecule has 8 nitrogen and oxygen atoms in total. The van der Waals surface area contributed by atoms with Crippen LogP contribution in [0.2, 0.25) is 0 Å². The molecule has 0 saturated carbocycles. The summed E-state index contributed by atoms with van der Waals surface area (Å²) < 4.78 is 6.53. The topological polar surface area (TPSA) is 88.9 Å². The molecule has 8 heteroatoms. The Labute approximate surface area is 145 Å². The van der Waals surface area contributed by atoms with Gasteiger partial charge in [0.25, 0.3) is 11.7 Å². The van der Waals surface area contributed by atoms with E-state index in [1.807, 2.05) is 0 Å². The number of carbonyl (C=O) groups excluding carboxylic acids is 4. The van der Waals surface area contributed by atoms with Gasteiger partial charge in [0.15, 0.2) is 0 Å². The summed E-state index contributed by atoms with van der Waals surface area (Å²) in [4.78, 5) is 52.2. The van der Waals surface area contributed by atoms with Crippen LogP contribution in [-0.2, 0) is 26.2 Å². The molecule has 0 bridgehead atoms. The second kappa shape index (κ2) is 6.02. The van der Waals surface area contributed by atoms with E-state index in [9.17, 15) is 19.2 Å². The SMILES string of the molecule is COC(=O)[C@]12CN(C(C)=O)C[C@H]1CN(C(=O)C(=O)c1cccn1C)C2. The van der Waals surface area contributed by atoms with Gasteiger partial charge in [0.2, 0.25) is 5.91 Å². The van der Waals surface area contributed by atoms with Crippen molar-refractivity contribution in [2.45, 2.75) is 6.92 Å². The van der Waals surface area contributed by atoms with Gasteiger partial charge < -0.3 is 19.1 Å². The van der Waals surface area contributed by atoms with E-state index in [1.165, 1.54) is 18.9 Å². The van der Waals surface area contributed by atoms with Crippen LogP contribution in [0.3, 0.4) is 0 Å². The lowest BCUT2D eigenvalue weighted by atomic mass is 9.81. The van der Waals surface area contributed by atoms with Crippen LogP contribution in [0.1, 0.15) is 17.4 Å². The Hall–Kier alpha value is -2.64. The van der Waals surface area contributed by atoms with E-state index in [2.05, 4.69) is 0 Å². The number of ketones is 1. The van der Waals surface area contributed by atoms with Gasteiger partial charge in [0.05, 0.1) is 12.8 Å². The zero-order valence-corrected chi connectivity index (χ0v) is 14.5. The number of aryl methyl sites for hydroxylation is 1. The molecule has 1 aromatic rings. The fraction of sp³-hybridized carbons (Fsp3) is 0.529. The van der Waals surface area contributed by atoms with Crippen LogP contribution in [0.4, 0.5) is 0 Å². The van der Waals surface area contributed by atoms with E-state index < -0.39 is 23.1 Å². The quantitative estimate of drug-likeness (QED) is 0.425. The Morgan fingerprint density at radius 2 is 1.80 bits per heavy atom. The average Bonchev–Trinajstić information content (AvgIpc) is 3.24. The number of Topliss-reactive ketones (excluding diaryl/α,β-unsaturated/α-hetero) is 1. The fourth-order valence-corrected chi connectivity index (χ4v) is 3.90. The molecule has 0 aliphatic carbocycles. The lowest BCUT2D eigenvalue weighted by molar-refractivity contribution is -0.153. The van der Waals surface area contributed by atoms with E-state index in [-0.39, 0.29) is 31.5 Å². The summed E-state index contributed by atoms with van der Waals surface area (Å²) in [5.74, 6) is -2.02. The zero-order valence-electron chi connectivity index (χ0n) is 14.5. The molecule has 3 heterocycles. The molecule has 134 valence electrons. The second-order valence-electron chi connectivity index (χ2n) is 6.76. The third-order valence-electron chi connectivity index (χ3n) is 5.30. The molecule has 3 rings (SSSR count). The van der Waals surface area contributed by atoms with Gasteiger partial charge in [-0.2, -0.15) is 0 Å². The number of hydrogen-bond acceptors (Lipinski definition) is 5. The predicted octanol–water partition coefficient (Wildman–Crippen LogP) is -0.312. The summed E-state index contributed by atoms with van der Waals surface area (Å²) in [5, 5.41) is 0. The van der Waals surface area contributed by atoms with Gasteiger partial charge in [0.1, 0.15) is 5.41 Å². The van der Waals surface area contributed by atoms with Crippen LogP contribution in [0.25, 0.3) is 0 Å². The molecule has 2 saturated heterocycles. The molecule has 2 aliphatic rings. The van der Waals surface area contributed by atoms with Crippen molar-refractivity contribution in [1.29, 1.82) is 0 Å².